The van der Waals surface area contributed by atoms with Gasteiger partial charge in [-0.15, -0.1) is 6.42 Å². The third kappa shape index (κ3) is 56.9. The maximum Gasteiger partial charge on any atom is 0 e. The zero-order chi connectivity index (χ0) is 3.54. The van der Waals surface area contributed by atoms with Crippen LogP contribution in [0.15, 0.2) is 18.2 Å². The van der Waals surface area contributed by atoms with Gasteiger partial charge in [0.1, 0.15) is 0 Å². The maximum absolute atomic E-state index is 2.99. The molecular weight excluding hydrogens is 268 g/mol. The molecule has 0 nitrogen and oxygen atoms in total. The summed E-state index contributed by atoms with van der Waals surface area (Å²) in [4.78, 5) is 0. The smallest absolute Gasteiger partial charge is 0 e. The molecule has 0 amide bonds. The fraction of sp³-hybridized carbons (Fsp3) is 0.100. The Hall–Kier alpha value is 0.153. The molecular formula is C10H23F3Zr-6. The zero-order valence-electron chi connectivity index (χ0n) is 9.66. The molecule has 0 aromatic heterocycles. The van der Waals surface area contributed by atoms with Crippen LogP contribution < -0.4 is 0 Å². The Balaban J connectivity index is -0.00000000397. The Morgan fingerprint density at radius 1 is 0.786 bits per heavy atom. The average Bonchev–Trinajstić information content (AvgIpc) is 1.76. The largest absolute Gasteiger partial charge is 0.358 e. The topological polar surface area (TPSA) is 0 Å². The molecule has 0 atom stereocenters. The van der Waals surface area contributed by atoms with Crippen molar-refractivity contribution >= 4 is 0 Å². The molecule has 1 rings (SSSR count). The van der Waals surface area contributed by atoms with Crippen LogP contribution in [-0.2, 0) is 26.2 Å². The van der Waals surface area contributed by atoms with Gasteiger partial charge in [-0.05, 0) is 0 Å². The van der Waals surface area contributed by atoms with Crippen LogP contribution in [0, 0.1) is 43.2 Å². The second-order valence-electron chi connectivity index (χ2n) is 1.00. The maximum atomic E-state index is 2.99. The van der Waals surface area contributed by atoms with Crippen LogP contribution in [-0.4, -0.2) is 0 Å². The summed E-state index contributed by atoms with van der Waals surface area (Å²) in [5, 5.41) is 0. The van der Waals surface area contributed by atoms with E-state index in [2.05, 4.69) is 12.2 Å². The van der Waals surface area contributed by atoms with E-state index in [4.69, 9.17) is 0 Å². The summed E-state index contributed by atoms with van der Waals surface area (Å²) in [5.41, 5.74) is 0. The van der Waals surface area contributed by atoms with Crippen molar-refractivity contribution in [1.29, 1.82) is 0 Å². The molecule has 0 spiro atoms. The fourth-order valence-corrected chi connectivity index (χ4v) is 0.340. The van der Waals surface area contributed by atoms with E-state index in [9.17, 15) is 0 Å². The van der Waals surface area contributed by atoms with E-state index in [1.54, 1.807) is 0 Å². The molecule has 0 aliphatic heterocycles. The Morgan fingerprint density at radius 2 is 1.14 bits per heavy atom. The van der Waals surface area contributed by atoms with Crippen molar-refractivity contribution in [1.82, 2.24) is 0 Å². The third-order valence-corrected chi connectivity index (χ3v) is 0.586. The molecule has 0 saturated carbocycles. The Labute approximate surface area is 108 Å². The Kier molecular flexibility index (Phi) is 482. The Bertz CT molecular complexity index is 73.4. The van der Waals surface area contributed by atoms with Gasteiger partial charge in [0.2, 0.25) is 0 Å². The first-order valence-electron chi connectivity index (χ1n) is 1.72. The second kappa shape index (κ2) is 73.2. The molecule has 0 aromatic carbocycles. The number of allylic oxidation sites excluding steroid dienone is 4. The summed E-state index contributed by atoms with van der Waals surface area (Å²) in [6.07, 6.45) is 10.0. The second-order valence-corrected chi connectivity index (χ2v) is 1.00. The molecule has 0 fully saturated rings. The zero-order valence-corrected chi connectivity index (χ0v) is 12.1. The van der Waals surface area contributed by atoms with Crippen LogP contribution in [0.4, 0.5) is 14.1 Å². The van der Waals surface area contributed by atoms with Crippen molar-refractivity contribution in [3.05, 3.63) is 61.4 Å². The Morgan fingerprint density at radius 3 is 1.21 bits per heavy atom. The molecule has 0 bridgehead atoms. The van der Waals surface area contributed by atoms with Crippen LogP contribution in [0.3, 0.4) is 0 Å². The number of halogens is 3. The first-order chi connectivity index (χ1) is 2.50. The van der Waals surface area contributed by atoms with Gasteiger partial charge in [-0.1, -0.05) is 0 Å². The van der Waals surface area contributed by atoms with Gasteiger partial charge in [-0.3, -0.25) is 20.2 Å². The summed E-state index contributed by atoms with van der Waals surface area (Å²) in [5.74, 6) is 0. The molecule has 94 valence electrons. The van der Waals surface area contributed by atoms with Gasteiger partial charge >= 0.3 is 0 Å². The van der Waals surface area contributed by atoms with Crippen LogP contribution in [0.2, 0.25) is 0 Å². The molecule has 0 heterocycles. The van der Waals surface area contributed by atoms with Crippen LogP contribution in [0.1, 0.15) is 6.42 Å². The summed E-state index contributed by atoms with van der Waals surface area (Å²) in [6.45, 7) is 0. The van der Waals surface area contributed by atoms with Crippen LogP contribution in [0.5, 0.6) is 0 Å². The predicted molar refractivity (Wildman–Crippen MR) is 61.1 cm³/mol. The van der Waals surface area contributed by atoms with Crippen molar-refractivity contribution < 1.29 is 40.3 Å². The standard InChI is InChI=1S/C5H5.5CH3.3FH.Zr/c1-2-4-5-3-1;;;;;;;;;/h1-3H,4H2;5*1H3;3*1H;/q6*-1;;;;. The van der Waals surface area contributed by atoms with Gasteiger partial charge in [-0.25, -0.2) is 12.2 Å². The third-order valence-electron chi connectivity index (χ3n) is 0.586. The fourth-order valence-electron chi connectivity index (χ4n) is 0.340. The average molecular weight is 292 g/mol. The minimum atomic E-state index is 0. The van der Waals surface area contributed by atoms with Crippen molar-refractivity contribution in [3.63, 3.8) is 0 Å². The van der Waals surface area contributed by atoms with Gasteiger partial charge in [0, 0.05) is 26.2 Å². The van der Waals surface area contributed by atoms with Gasteiger partial charge in [0.05, 0.1) is 0 Å². The van der Waals surface area contributed by atoms with Crippen molar-refractivity contribution in [2.45, 2.75) is 6.42 Å². The molecule has 0 radical (unpaired) electrons. The van der Waals surface area contributed by atoms with Crippen molar-refractivity contribution in [3.8, 4) is 0 Å². The molecule has 1 aliphatic carbocycles. The van der Waals surface area contributed by atoms with Gasteiger partial charge in [0.25, 0.3) is 0 Å². The molecule has 0 aromatic rings. The molecule has 1 aliphatic rings. The number of hydrogen-bond acceptors (Lipinski definition) is 0. The minimum absolute atomic E-state index is 0. The monoisotopic (exact) mass is 290 g/mol. The van der Waals surface area contributed by atoms with E-state index in [-0.39, 0.29) is 77.4 Å². The summed E-state index contributed by atoms with van der Waals surface area (Å²) in [7, 11) is 0. The summed E-state index contributed by atoms with van der Waals surface area (Å²) in [6, 6.07) is 0. The molecule has 0 unspecified atom stereocenters. The van der Waals surface area contributed by atoms with Crippen LogP contribution in [0.25, 0.3) is 0 Å². The number of rotatable bonds is 0. The quantitative estimate of drug-likeness (QED) is 0.592. The van der Waals surface area contributed by atoms with E-state index < -0.39 is 0 Å². The van der Waals surface area contributed by atoms with Crippen molar-refractivity contribution in [2.75, 3.05) is 0 Å². The molecule has 0 N–H and O–H groups in total. The first-order valence-corrected chi connectivity index (χ1v) is 1.72. The van der Waals surface area contributed by atoms with E-state index in [0.29, 0.717) is 0 Å². The summed E-state index contributed by atoms with van der Waals surface area (Å²) < 4.78 is 0. The van der Waals surface area contributed by atoms with E-state index in [0.717, 1.165) is 6.42 Å². The SMILES string of the molecule is F.F.F.[C-]1=CC=CC1.[CH3-].[CH3-].[CH3-].[CH3-].[CH3-].[Zr]. The predicted octanol–water partition coefficient (Wildman–Crippen LogP) is 4.01. The van der Waals surface area contributed by atoms with Crippen LogP contribution >= 0.6 is 0 Å². The van der Waals surface area contributed by atoms with Gasteiger partial charge < -0.3 is 37.1 Å². The molecule has 4 heteroatoms. The number of hydrogen-bond donors (Lipinski definition) is 0. The van der Waals surface area contributed by atoms with Gasteiger partial charge in [0.15, 0.2) is 0 Å². The van der Waals surface area contributed by atoms with Gasteiger partial charge in [-0.2, -0.15) is 6.08 Å². The minimum Gasteiger partial charge on any atom is -0.358 e. The van der Waals surface area contributed by atoms with E-state index in [1.165, 1.54) is 0 Å². The first kappa shape index (κ1) is 92.2. The molecule has 0 saturated heterocycles. The summed E-state index contributed by atoms with van der Waals surface area (Å²) >= 11 is 0. The van der Waals surface area contributed by atoms with E-state index >= 15 is 0 Å². The molecule has 14 heavy (non-hydrogen) atoms. The normalized spacial score (nSPS) is 6.29. The van der Waals surface area contributed by atoms with E-state index in [1.807, 2.05) is 12.2 Å². The van der Waals surface area contributed by atoms with Crippen molar-refractivity contribution in [2.24, 2.45) is 0 Å².